The number of rotatable bonds is 3. The number of likely N-dealkylation sites (tertiary alicyclic amines) is 1. The number of piperidine rings is 1. The molecule has 1 unspecified atom stereocenters. The van der Waals surface area contributed by atoms with E-state index in [1.165, 1.54) is 6.07 Å². The normalized spacial score (nSPS) is 18.7. The SMILES string of the molecule is CNc1cccc(C(=O)N2CCCC(C)C2)c1[N+](=O)[O-]. The topological polar surface area (TPSA) is 75.5 Å². The lowest BCUT2D eigenvalue weighted by Gasteiger charge is -2.30. The number of nitrogens with zero attached hydrogens (tertiary/aromatic N) is 2. The molecule has 1 aromatic carbocycles. The van der Waals surface area contributed by atoms with Crippen LogP contribution in [0.3, 0.4) is 0 Å². The molecule has 0 saturated carbocycles. The van der Waals surface area contributed by atoms with E-state index in [1.54, 1.807) is 24.1 Å². The van der Waals surface area contributed by atoms with Gasteiger partial charge in [0, 0.05) is 20.1 Å². The van der Waals surface area contributed by atoms with Crippen molar-refractivity contribution in [3.63, 3.8) is 0 Å². The number of carbonyl (C=O) groups excluding carboxylic acids is 1. The number of anilines is 1. The Morgan fingerprint density at radius 1 is 1.50 bits per heavy atom. The Hall–Kier alpha value is -2.11. The minimum atomic E-state index is -0.494. The summed E-state index contributed by atoms with van der Waals surface area (Å²) in [5.74, 6) is 0.194. The molecule has 108 valence electrons. The van der Waals surface area contributed by atoms with Crippen molar-refractivity contribution >= 4 is 17.3 Å². The lowest BCUT2D eigenvalue weighted by Crippen LogP contribution is -2.39. The highest BCUT2D eigenvalue weighted by Gasteiger charge is 2.29. The van der Waals surface area contributed by atoms with E-state index in [2.05, 4.69) is 12.2 Å². The zero-order valence-corrected chi connectivity index (χ0v) is 11.8. The van der Waals surface area contributed by atoms with Crippen molar-refractivity contribution < 1.29 is 9.72 Å². The maximum Gasteiger partial charge on any atom is 0.305 e. The monoisotopic (exact) mass is 277 g/mol. The molecular formula is C14H19N3O3. The molecule has 0 aromatic heterocycles. The van der Waals surface area contributed by atoms with Gasteiger partial charge in [0.2, 0.25) is 0 Å². The minimum absolute atomic E-state index is 0.141. The second kappa shape index (κ2) is 5.90. The fourth-order valence-electron chi connectivity index (χ4n) is 2.66. The van der Waals surface area contributed by atoms with Gasteiger partial charge in [-0.3, -0.25) is 14.9 Å². The molecule has 1 atom stereocenters. The first kappa shape index (κ1) is 14.3. The highest BCUT2D eigenvalue weighted by Crippen LogP contribution is 2.30. The van der Waals surface area contributed by atoms with Gasteiger partial charge in [-0.25, -0.2) is 0 Å². The van der Waals surface area contributed by atoms with Crippen LogP contribution in [0.2, 0.25) is 0 Å². The molecular weight excluding hydrogens is 258 g/mol. The molecule has 1 heterocycles. The predicted octanol–water partition coefficient (Wildman–Crippen LogP) is 2.51. The molecule has 6 nitrogen and oxygen atoms in total. The summed E-state index contributed by atoms with van der Waals surface area (Å²) in [5, 5.41) is 14.0. The molecule has 1 N–H and O–H groups in total. The molecule has 1 fully saturated rings. The summed E-state index contributed by atoms with van der Waals surface area (Å²) >= 11 is 0. The average molecular weight is 277 g/mol. The Morgan fingerprint density at radius 2 is 2.25 bits per heavy atom. The number of hydrogen-bond donors (Lipinski definition) is 1. The summed E-state index contributed by atoms with van der Waals surface area (Å²) in [4.78, 5) is 25.0. The minimum Gasteiger partial charge on any atom is -0.383 e. The third kappa shape index (κ3) is 2.74. The first-order valence-corrected chi connectivity index (χ1v) is 6.79. The van der Waals surface area contributed by atoms with Gasteiger partial charge in [0.25, 0.3) is 5.91 Å². The lowest BCUT2D eigenvalue weighted by molar-refractivity contribution is -0.384. The zero-order valence-electron chi connectivity index (χ0n) is 11.8. The molecule has 1 aromatic rings. The zero-order chi connectivity index (χ0) is 14.7. The molecule has 6 heteroatoms. The van der Waals surface area contributed by atoms with Gasteiger partial charge >= 0.3 is 5.69 Å². The van der Waals surface area contributed by atoms with Crippen molar-refractivity contribution in [2.24, 2.45) is 5.92 Å². The van der Waals surface area contributed by atoms with Crippen LogP contribution in [-0.2, 0) is 0 Å². The summed E-state index contributed by atoms with van der Waals surface area (Å²) in [7, 11) is 1.61. The Morgan fingerprint density at radius 3 is 2.85 bits per heavy atom. The number of hydrogen-bond acceptors (Lipinski definition) is 4. The Balaban J connectivity index is 2.36. The number of carbonyl (C=O) groups is 1. The number of nitro benzene ring substituents is 1. The van der Waals surface area contributed by atoms with Crippen molar-refractivity contribution in [2.45, 2.75) is 19.8 Å². The van der Waals surface area contributed by atoms with Gasteiger partial charge in [-0.05, 0) is 30.9 Å². The maximum atomic E-state index is 12.5. The van der Waals surface area contributed by atoms with Crippen LogP contribution < -0.4 is 5.32 Å². The van der Waals surface area contributed by atoms with E-state index in [0.717, 1.165) is 12.8 Å². The van der Waals surface area contributed by atoms with E-state index in [4.69, 9.17) is 0 Å². The molecule has 0 aliphatic carbocycles. The predicted molar refractivity (Wildman–Crippen MR) is 76.9 cm³/mol. The number of benzene rings is 1. The Kier molecular flexibility index (Phi) is 4.22. The van der Waals surface area contributed by atoms with Crippen LogP contribution in [0, 0.1) is 16.0 Å². The number of nitrogens with one attached hydrogen (secondary N) is 1. The van der Waals surface area contributed by atoms with Crippen molar-refractivity contribution in [2.75, 3.05) is 25.5 Å². The molecule has 1 amide bonds. The molecule has 1 aliphatic heterocycles. The second-order valence-corrected chi connectivity index (χ2v) is 5.21. The van der Waals surface area contributed by atoms with E-state index in [1.807, 2.05) is 0 Å². The highest BCUT2D eigenvalue weighted by molar-refractivity contribution is 6.00. The van der Waals surface area contributed by atoms with Gasteiger partial charge in [-0.1, -0.05) is 13.0 Å². The van der Waals surface area contributed by atoms with E-state index >= 15 is 0 Å². The van der Waals surface area contributed by atoms with Gasteiger partial charge in [-0.15, -0.1) is 0 Å². The molecule has 1 saturated heterocycles. The summed E-state index contributed by atoms with van der Waals surface area (Å²) in [6.07, 6.45) is 2.05. The van der Waals surface area contributed by atoms with E-state index in [9.17, 15) is 14.9 Å². The van der Waals surface area contributed by atoms with E-state index < -0.39 is 4.92 Å². The van der Waals surface area contributed by atoms with Crippen molar-refractivity contribution in [3.8, 4) is 0 Å². The number of nitro groups is 1. The van der Waals surface area contributed by atoms with Gasteiger partial charge in [0.15, 0.2) is 0 Å². The Bertz CT molecular complexity index is 530. The molecule has 1 aliphatic rings. The Labute approximate surface area is 117 Å². The standard InChI is InChI=1S/C14H19N3O3/c1-10-5-4-8-16(9-10)14(18)11-6-3-7-12(15-2)13(11)17(19)20/h3,6-7,10,15H,4-5,8-9H2,1-2H3. The van der Waals surface area contributed by atoms with Gasteiger partial charge < -0.3 is 10.2 Å². The van der Waals surface area contributed by atoms with Crippen LogP contribution in [-0.4, -0.2) is 35.9 Å². The third-order valence-corrected chi connectivity index (χ3v) is 3.66. The summed E-state index contributed by atoms with van der Waals surface area (Å²) in [6.45, 7) is 3.43. The molecule has 0 radical (unpaired) electrons. The number of para-hydroxylation sites is 1. The van der Waals surface area contributed by atoms with E-state index in [-0.39, 0.29) is 17.2 Å². The summed E-state index contributed by atoms with van der Waals surface area (Å²) in [5.41, 5.74) is 0.389. The smallest absolute Gasteiger partial charge is 0.305 e. The summed E-state index contributed by atoms with van der Waals surface area (Å²) in [6, 6.07) is 4.80. The first-order chi connectivity index (χ1) is 9.54. The van der Waals surface area contributed by atoms with Crippen LogP contribution in [0.25, 0.3) is 0 Å². The van der Waals surface area contributed by atoms with Gasteiger partial charge in [0.05, 0.1) is 4.92 Å². The second-order valence-electron chi connectivity index (χ2n) is 5.21. The highest BCUT2D eigenvalue weighted by atomic mass is 16.6. The van der Waals surface area contributed by atoms with Crippen LogP contribution in [0.5, 0.6) is 0 Å². The van der Waals surface area contributed by atoms with Crippen LogP contribution in [0.4, 0.5) is 11.4 Å². The van der Waals surface area contributed by atoms with Crippen LogP contribution in [0.1, 0.15) is 30.1 Å². The average Bonchev–Trinajstić information content (AvgIpc) is 2.45. The van der Waals surface area contributed by atoms with Crippen molar-refractivity contribution in [1.29, 1.82) is 0 Å². The molecule has 0 bridgehead atoms. The van der Waals surface area contributed by atoms with E-state index in [0.29, 0.717) is 24.7 Å². The van der Waals surface area contributed by atoms with Crippen molar-refractivity contribution in [1.82, 2.24) is 4.90 Å². The van der Waals surface area contributed by atoms with Gasteiger partial charge in [0.1, 0.15) is 11.3 Å². The molecule has 2 rings (SSSR count). The van der Waals surface area contributed by atoms with Gasteiger partial charge in [-0.2, -0.15) is 0 Å². The van der Waals surface area contributed by atoms with Crippen LogP contribution >= 0.6 is 0 Å². The number of amides is 1. The molecule has 0 spiro atoms. The largest absolute Gasteiger partial charge is 0.383 e. The third-order valence-electron chi connectivity index (χ3n) is 3.66. The quantitative estimate of drug-likeness (QED) is 0.680. The molecule has 20 heavy (non-hydrogen) atoms. The lowest BCUT2D eigenvalue weighted by atomic mass is 9.99. The summed E-state index contributed by atoms with van der Waals surface area (Å²) < 4.78 is 0. The fraction of sp³-hybridized carbons (Fsp3) is 0.500. The van der Waals surface area contributed by atoms with Crippen LogP contribution in [0.15, 0.2) is 18.2 Å². The fourth-order valence-corrected chi connectivity index (χ4v) is 2.66. The maximum absolute atomic E-state index is 12.5. The van der Waals surface area contributed by atoms with Crippen molar-refractivity contribution in [3.05, 3.63) is 33.9 Å². The first-order valence-electron chi connectivity index (χ1n) is 6.79.